The molecule has 0 aliphatic rings. The molecule has 4 N–H and O–H groups in total. The topological polar surface area (TPSA) is 116 Å². The van der Waals surface area contributed by atoms with Crippen molar-refractivity contribution in [3.05, 3.63) is 48.5 Å². The van der Waals surface area contributed by atoms with E-state index < -0.39 is 21.5 Å². The standard InChI is InChI=1S/C20H25ClN4O4S/c1-20(2,3)18(26)23-14-4-6-16(7-5-14)25-30(28,29)17-10-8-15(9-11-17)24-19(27)22-13-12-21/h4-11,25H,12-13H2,1-3H3,(H,23,26)(H2,22,24,27). The highest BCUT2D eigenvalue weighted by Gasteiger charge is 2.21. The number of carbonyl (C=O) groups is 2. The van der Waals surface area contributed by atoms with Gasteiger partial charge in [-0.2, -0.15) is 0 Å². The van der Waals surface area contributed by atoms with Crippen molar-refractivity contribution in [3.8, 4) is 0 Å². The zero-order chi connectivity index (χ0) is 22.4. The van der Waals surface area contributed by atoms with E-state index in [-0.39, 0.29) is 10.8 Å². The second-order valence-corrected chi connectivity index (χ2v) is 9.54. The van der Waals surface area contributed by atoms with Crippen molar-refractivity contribution < 1.29 is 18.0 Å². The van der Waals surface area contributed by atoms with Gasteiger partial charge in [0, 0.05) is 34.9 Å². The molecule has 2 aromatic carbocycles. The van der Waals surface area contributed by atoms with Crippen LogP contribution in [-0.4, -0.2) is 32.8 Å². The highest BCUT2D eigenvalue weighted by molar-refractivity contribution is 7.92. The minimum Gasteiger partial charge on any atom is -0.337 e. The Labute approximate surface area is 181 Å². The van der Waals surface area contributed by atoms with E-state index in [1.54, 1.807) is 45.0 Å². The van der Waals surface area contributed by atoms with E-state index in [2.05, 4.69) is 20.7 Å². The first-order chi connectivity index (χ1) is 14.0. The first kappa shape index (κ1) is 23.5. The minimum absolute atomic E-state index is 0.0410. The van der Waals surface area contributed by atoms with Crippen molar-refractivity contribution in [3.63, 3.8) is 0 Å². The van der Waals surface area contributed by atoms with Gasteiger partial charge in [-0.15, -0.1) is 11.6 Å². The summed E-state index contributed by atoms with van der Waals surface area (Å²) < 4.78 is 27.6. The van der Waals surface area contributed by atoms with E-state index in [0.29, 0.717) is 29.5 Å². The van der Waals surface area contributed by atoms with E-state index in [1.807, 2.05) is 0 Å². The summed E-state index contributed by atoms with van der Waals surface area (Å²) in [7, 11) is -3.82. The van der Waals surface area contributed by atoms with Gasteiger partial charge in [0.1, 0.15) is 0 Å². The summed E-state index contributed by atoms with van der Waals surface area (Å²) in [6.07, 6.45) is 0. The van der Waals surface area contributed by atoms with Crippen LogP contribution in [0.15, 0.2) is 53.4 Å². The lowest BCUT2D eigenvalue weighted by Crippen LogP contribution is -2.30. The Balaban J connectivity index is 2.02. The van der Waals surface area contributed by atoms with Gasteiger partial charge in [0.2, 0.25) is 5.91 Å². The molecule has 10 heteroatoms. The molecular weight excluding hydrogens is 428 g/mol. The highest BCUT2D eigenvalue weighted by Crippen LogP contribution is 2.21. The molecular formula is C20H25ClN4O4S. The number of amides is 3. The number of carbonyl (C=O) groups excluding carboxylic acids is 2. The summed E-state index contributed by atoms with van der Waals surface area (Å²) in [4.78, 5) is 23.7. The number of hydrogen-bond acceptors (Lipinski definition) is 4. The van der Waals surface area contributed by atoms with E-state index in [0.717, 1.165) is 0 Å². The van der Waals surface area contributed by atoms with E-state index >= 15 is 0 Å². The van der Waals surface area contributed by atoms with Crippen LogP contribution in [-0.2, 0) is 14.8 Å². The van der Waals surface area contributed by atoms with Crippen molar-refractivity contribution in [2.75, 3.05) is 27.8 Å². The maximum absolute atomic E-state index is 12.6. The largest absolute Gasteiger partial charge is 0.337 e. The third-order valence-electron chi connectivity index (χ3n) is 3.88. The summed E-state index contributed by atoms with van der Waals surface area (Å²) in [5.74, 6) is 0.154. The Kier molecular flexibility index (Phi) is 7.69. The molecule has 0 fully saturated rings. The summed E-state index contributed by atoms with van der Waals surface area (Å²) in [5.41, 5.74) is 0.832. The van der Waals surface area contributed by atoms with E-state index in [1.165, 1.54) is 24.3 Å². The Morgan fingerprint density at radius 3 is 1.90 bits per heavy atom. The first-order valence-corrected chi connectivity index (χ1v) is 11.2. The van der Waals surface area contributed by atoms with Gasteiger partial charge in [-0.05, 0) is 48.5 Å². The lowest BCUT2D eigenvalue weighted by atomic mass is 9.95. The van der Waals surface area contributed by atoms with Gasteiger partial charge in [0.05, 0.1) is 4.90 Å². The fourth-order valence-electron chi connectivity index (χ4n) is 2.21. The Hall–Kier alpha value is -2.78. The van der Waals surface area contributed by atoms with Gasteiger partial charge in [-0.1, -0.05) is 20.8 Å². The molecule has 0 radical (unpaired) electrons. The van der Waals surface area contributed by atoms with Crippen LogP contribution < -0.4 is 20.7 Å². The van der Waals surface area contributed by atoms with Crippen LogP contribution in [0.5, 0.6) is 0 Å². The van der Waals surface area contributed by atoms with Crippen LogP contribution in [0.1, 0.15) is 20.8 Å². The van der Waals surface area contributed by atoms with Crippen LogP contribution in [0.2, 0.25) is 0 Å². The zero-order valence-corrected chi connectivity index (χ0v) is 18.5. The number of hydrogen-bond donors (Lipinski definition) is 4. The number of halogens is 1. The van der Waals surface area contributed by atoms with Gasteiger partial charge in [-0.25, -0.2) is 13.2 Å². The number of alkyl halides is 1. The van der Waals surface area contributed by atoms with Gasteiger partial charge in [0.25, 0.3) is 10.0 Å². The molecule has 0 unspecified atom stereocenters. The number of benzene rings is 2. The maximum Gasteiger partial charge on any atom is 0.319 e. The smallest absolute Gasteiger partial charge is 0.319 e. The fourth-order valence-corrected chi connectivity index (χ4v) is 3.36. The summed E-state index contributed by atoms with van der Waals surface area (Å²) in [5, 5.41) is 7.90. The average Bonchev–Trinajstić information content (AvgIpc) is 2.67. The van der Waals surface area contributed by atoms with Gasteiger partial charge in [0.15, 0.2) is 0 Å². The molecule has 0 aromatic heterocycles. The van der Waals surface area contributed by atoms with Gasteiger partial charge in [-0.3, -0.25) is 9.52 Å². The van der Waals surface area contributed by atoms with Crippen LogP contribution in [0, 0.1) is 5.41 Å². The first-order valence-electron chi connectivity index (χ1n) is 9.16. The average molecular weight is 453 g/mol. The molecule has 0 aliphatic heterocycles. The molecule has 3 amide bonds. The molecule has 0 spiro atoms. The Morgan fingerprint density at radius 2 is 1.37 bits per heavy atom. The second kappa shape index (κ2) is 9.82. The van der Waals surface area contributed by atoms with Crippen molar-refractivity contribution in [2.24, 2.45) is 5.41 Å². The predicted octanol–water partition coefficient (Wildman–Crippen LogP) is 3.83. The number of sulfonamides is 1. The highest BCUT2D eigenvalue weighted by atomic mass is 35.5. The molecule has 0 bridgehead atoms. The van der Waals surface area contributed by atoms with Crippen molar-refractivity contribution in [1.29, 1.82) is 0 Å². The van der Waals surface area contributed by atoms with Crippen LogP contribution in [0.4, 0.5) is 21.9 Å². The lowest BCUT2D eigenvalue weighted by Gasteiger charge is -2.17. The molecule has 8 nitrogen and oxygen atoms in total. The van der Waals surface area contributed by atoms with Gasteiger partial charge >= 0.3 is 6.03 Å². The van der Waals surface area contributed by atoms with Crippen molar-refractivity contribution >= 4 is 50.6 Å². The molecule has 2 rings (SSSR count). The molecule has 0 atom stereocenters. The Bertz CT molecular complexity index is 985. The van der Waals surface area contributed by atoms with Gasteiger partial charge < -0.3 is 16.0 Å². The van der Waals surface area contributed by atoms with Crippen LogP contribution in [0.25, 0.3) is 0 Å². The SMILES string of the molecule is CC(C)(C)C(=O)Nc1ccc(NS(=O)(=O)c2ccc(NC(=O)NCCCl)cc2)cc1. The third kappa shape index (κ3) is 6.93. The minimum atomic E-state index is -3.82. The molecule has 0 aliphatic carbocycles. The normalized spacial score (nSPS) is 11.5. The summed E-state index contributed by atoms with van der Waals surface area (Å²) in [6, 6.07) is 11.7. The summed E-state index contributed by atoms with van der Waals surface area (Å²) in [6.45, 7) is 5.73. The van der Waals surface area contributed by atoms with Crippen LogP contribution in [0.3, 0.4) is 0 Å². The molecule has 2 aromatic rings. The fraction of sp³-hybridized carbons (Fsp3) is 0.300. The molecule has 0 saturated heterocycles. The molecule has 162 valence electrons. The van der Waals surface area contributed by atoms with Crippen LogP contribution >= 0.6 is 11.6 Å². The van der Waals surface area contributed by atoms with E-state index in [4.69, 9.17) is 11.6 Å². The van der Waals surface area contributed by atoms with E-state index in [9.17, 15) is 18.0 Å². The maximum atomic E-state index is 12.6. The Morgan fingerprint density at radius 1 is 0.867 bits per heavy atom. The number of urea groups is 1. The van der Waals surface area contributed by atoms with Crippen molar-refractivity contribution in [1.82, 2.24) is 5.32 Å². The number of nitrogens with one attached hydrogen (secondary N) is 4. The van der Waals surface area contributed by atoms with Crippen molar-refractivity contribution in [2.45, 2.75) is 25.7 Å². The third-order valence-corrected chi connectivity index (χ3v) is 5.46. The summed E-state index contributed by atoms with van der Waals surface area (Å²) >= 11 is 5.50. The molecule has 30 heavy (non-hydrogen) atoms. The molecule has 0 heterocycles. The predicted molar refractivity (Wildman–Crippen MR) is 120 cm³/mol. The monoisotopic (exact) mass is 452 g/mol. The molecule has 0 saturated carbocycles. The number of anilines is 3. The quantitative estimate of drug-likeness (QED) is 0.477. The zero-order valence-electron chi connectivity index (χ0n) is 17.0. The lowest BCUT2D eigenvalue weighted by molar-refractivity contribution is -0.123. The second-order valence-electron chi connectivity index (χ2n) is 7.48. The number of rotatable bonds is 7.